The normalized spacial score (nSPS) is 12.1. The molecular weight excluding hydrogens is 350 g/mol. The van der Waals surface area contributed by atoms with Crippen LogP contribution in [0.3, 0.4) is 0 Å². The minimum Gasteiger partial charge on any atom is -0.345 e. The zero-order chi connectivity index (χ0) is 19.7. The highest BCUT2D eigenvalue weighted by atomic mass is 16.1. The molecule has 0 radical (unpaired) electrons. The van der Waals surface area contributed by atoms with Crippen LogP contribution in [0.1, 0.15) is 40.0 Å². The lowest BCUT2D eigenvalue weighted by Crippen LogP contribution is -2.26. The van der Waals surface area contributed by atoms with Crippen molar-refractivity contribution in [3.8, 4) is 11.3 Å². The number of carbonyl (C=O) groups excluding carboxylic acids is 1. The summed E-state index contributed by atoms with van der Waals surface area (Å²) in [6.45, 7) is 6.11. The Morgan fingerprint density at radius 1 is 1.04 bits per heavy atom. The van der Waals surface area contributed by atoms with E-state index >= 15 is 0 Å². The number of benzene rings is 1. The van der Waals surface area contributed by atoms with Gasteiger partial charge in [0.15, 0.2) is 5.65 Å². The molecule has 0 aliphatic heterocycles. The quantitative estimate of drug-likeness (QED) is 0.590. The van der Waals surface area contributed by atoms with Crippen molar-refractivity contribution < 1.29 is 4.79 Å². The van der Waals surface area contributed by atoms with Crippen LogP contribution in [0.15, 0.2) is 61.2 Å². The van der Waals surface area contributed by atoms with Crippen molar-refractivity contribution in [3.63, 3.8) is 0 Å². The summed E-state index contributed by atoms with van der Waals surface area (Å²) in [6, 6.07) is 11.8. The smallest absolute Gasteiger partial charge is 0.257 e. The first-order valence-corrected chi connectivity index (χ1v) is 9.16. The minimum atomic E-state index is -0.205. The Hall–Kier alpha value is -3.54. The summed E-state index contributed by atoms with van der Waals surface area (Å²) >= 11 is 0. The van der Waals surface area contributed by atoms with Crippen LogP contribution in [-0.4, -0.2) is 25.5 Å². The van der Waals surface area contributed by atoms with Crippen molar-refractivity contribution in [3.05, 3.63) is 83.4 Å². The molecule has 1 amide bonds. The molecule has 1 N–H and O–H groups in total. The highest BCUT2D eigenvalue weighted by Gasteiger charge is 2.18. The minimum absolute atomic E-state index is 0.145. The Labute approximate surface area is 163 Å². The Bertz CT molecular complexity index is 1150. The van der Waals surface area contributed by atoms with Crippen LogP contribution >= 0.6 is 0 Å². The molecule has 0 unspecified atom stereocenters. The van der Waals surface area contributed by atoms with E-state index in [1.807, 2.05) is 25.1 Å². The van der Waals surface area contributed by atoms with Crippen molar-refractivity contribution in [2.75, 3.05) is 0 Å². The Kier molecular flexibility index (Phi) is 4.61. The average Bonchev–Trinajstić information content (AvgIpc) is 3.15. The molecule has 0 aliphatic carbocycles. The maximum atomic E-state index is 12.8. The van der Waals surface area contributed by atoms with Crippen molar-refractivity contribution in [1.29, 1.82) is 0 Å². The van der Waals surface area contributed by atoms with Gasteiger partial charge in [0, 0.05) is 24.2 Å². The van der Waals surface area contributed by atoms with Crippen molar-refractivity contribution in [2.24, 2.45) is 0 Å². The van der Waals surface area contributed by atoms with Gasteiger partial charge in [-0.1, -0.05) is 12.1 Å². The molecule has 0 saturated carbocycles. The first-order valence-electron chi connectivity index (χ1n) is 9.16. The third-order valence-corrected chi connectivity index (χ3v) is 5.00. The van der Waals surface area contributed by atoms with Crippen molar-refractivity contribution >= 4 is 11.6 Å². The number of pyridine rings is 1. The number of aromatic nitrogens is 4. The van der Waals surface area contributed by atoms with E-state index in [9.17, 15) is 4.79 Å². The number of carbonyl (C=O) groups is 1. The van der Waals surface area contributed by atoms with Crippen LogP contribution in [0, 0.1) is 13.8 Å². The lowest BCUT2D eigenvalue weighted by Gasteiger charge is -2.13. The molecule has 28 heavy (non-hydrogen) atoms. The molecule has 3 aromatic heterocycles. The lowest BCUT2D eigenvalue weighted by molar-refractivity contribution is 0.0941. The summed E-state index contributed by atoms with van der Waals surface area (Å²) in [5.74, 6) is -0.205. The third kappa shape index (κ3) is 3.24. The number of hydrogen-bond acceptors (Lipinski definition) is 4. The van der Waals surface area contributed by atoms with Gasteiger partial charge in [0.25, 0.3) is 5.91 Å². The Balaban J connectivity index is 1.68. The lowest BCUT2D eigenvalue weighted by atomic mass is 10.0. The van der Waals surface area contributed by atoms with Gasteiger partial charge in [0.1, 0.15) is 5.56 Å². The van der Waals surface area contributed by atoms with Gasteiger partial charge in [0.05, 0.1) is 17.9 Å². The fraction of sp³-hybridized carbons (Fsp3) is 0.182. The SMILES string of the molecule is Cc1ccc(-c2ccnc3c(C(=O)N[C@H](C)c4ccncc4)cnn23)cc1C. The second-order valence-corrected chi connectivity index (χ2v) is 6.90. The second-order valence-electron chi connectivity index (χ2n) is 6.90. The second kappa shape index (κ2) is 7.23. The molecule has 0 bridgehead atoms. The number of nitrogens with zero attached hydrogens (tertiary/aromatic N) is 4. The standard InChI is InChI=1S/C22H21N5O/c1-14-4-5-18(12-15(14)2)20-8-11-24-21-19(13-25-27(20)21)22(28)26-16(3)17-6-9-23-10-7-17/h4-13,16H,1-3H3,(H,26,28)/t16-/m1/s1. The number of hydrogen-bond donors (Lipinski definition) is 1. The first-order chi connectivity index (χ1) is 13.5. The van der Waals surface area contributed by atoms with E-state index in [0.29, 0.717) is 11.2 Å². The zero-order valence-electron chi connectivity index (χ0n) is 16.0. The van der Waals surface area contributed by atoms with Gasteiger partial charge in [-0.3, -0.25) is 9.78 Å². The predicted octanol–water partition coefficient (Wildman–Crippen LogP) is 3.90. The fourth-order valence-electron chi connectivity index (χ4n) is 3.18. The van der Waals surface area contributed by atoms with E-state index in [1.54, 1.807) is 29.3 Å². The van der Waals surface area contributed by atoms with E-state index < -0.39 is 0 Å². The molecule has 0 aliphatic rings. The van der Waals surface area contributed by atoms with Crippen LogP contribution in [0.5, 0.6) is 0 Å². The van der Waals surface area contributed by atoms with Gasteiger partial charge in [-0.15, -0.1) is 0 Å². The van der Waals surface area contributed by atoms with Crippen LogP contribution < -0.4 is 5.32 Å². The molecule has 140 valence electrons. The number of fused-ring (bicyclic) bond motifs is 1. The average molecular weight is 371 g/mol. The van der Waals surface area contributed by atoms with Crippen molar-refractivity contribution in [1.82, 2.24) is 24.9 Å². The molecule has 1 aromatic carbocycles. The van der Waals surface area contributed by atoms with Crippen LogP contribution in [-0.2, 0) is 0 Å². The number of rotatable bonds is 4. The van der Waals surface area contributed by atoms with Gasteiger partial charge < -0.3 is 5.32 Å². The summed E-state index contributed by atoms with van der Waals surface area (Å²) in [6.07, 6.45) is 6.71. The third-order valence-electron chi connectivity index (χ3n) is 5.00. The van der Waals surface area contributed by atoms with Crippen LogP contribution in [0.2, 0.25) is 0 Å². The molecule has 0 saturated heterocycles. The summed E-state index contributed by atoms with van der Waals surface area (Å²) in [4.78, 5) is 21.2. The fourth-order valence-corrected chi connectivity index (χ4v) is 3.18. The monoisotopic (exact) mass is 371 g/mol. The number of aryl methyl sites for hydroxylation is 2. The highest BCUT2D eigenvalue weighted by Crippen LogP contribution is 2.23. The van der Waals surface area contributed by atoms with Gasteiger partial charge in [-0.25, -0.2) is 9.50 Å². The van der Waals surface area contributed by atoms with E-state index in [0.717, 1.165) is 16.8 Å². The molecule has 4 rings (SSSR count). The van der Waals surface area contributed by atoms with E-state index in [1.165, 1.54) is 11.1 Å². The van der Waals surface area contributed by atoms with Gasteiger partial charge >= 0.3 is 0 Å². The van der Waals surface area contributed by atoms with E-state index in [4.69, 9.17) is 0 Å². The zero-order valence-corrected chi connectivity index (χ0v) is 16.0. The molecule has 6 heteroatoms. The maximum Gasteiger partial charge on any atom is 0.257 e. The molecule has 4 aromatic rings. The molecule has 0 spiro atoms. The molecule has 3 heterocycles. The number of amides is 1. The maximum absolute atomic E-state index is 12.8. The topological polar surface area (TPSA) is 72.2 Å². The van der Waals surface area contributed by atoms with E-state index in [-0.39, 0.29) is 11.9 Å². The first kappa shape index (κ1) is 17.9. The van der Waals surface area contributed by atoms with Crippen LogP contribution in [0.25, 0.3) is 16.9 Å². The van der Waals surface area contributed by atoms with Crippen molar-refractivity contribution in [2.45, 2.75) is 26.8 Å². The van der Waals surface area contributed by atoms with Gasteiger partial charge in [-0.2, -0.15) is 5.10 Å². The van der Waals surface area contributed by atoms with Crippen LogP contribution in [0.4, 0.5) is 0 Å². The predicted molar refractivity (Wildman–Crippen MR) is 108 cm³/mol. The highest BCUT2D eigenvalue weighted by molar-refractivity contribution is 6.00. The van der Waals surface area contributed by atoms with E-state index in [2.05, 4.69) is 52.4 Å². The summed E-state index contributed by atoms with van der Waals surface area (Å²) in [7, 11) is 0. The largest absolute Gasteiger partial charge is 0.345 e. The Morgan fingerprint density at radius 2 is 1.82 bits per heavy atom. The molecule has 1 atom stereocenters. The van der Waals surface area contributed by atoms with Gasteiger partial charge in [-0.05, 0) is 61.7 Å². The summed E-state index contributed by atoms with van der Waals surface area (Å²) < 4.78 is 1.72. The molecule has 6 nitrogen and oxygen atoms in total. The van der Waals surface area contributed by atoms with Gasteiger partial charge in [0.2, 0.25) is 0 Å². The summed E-state index contributed by atoms with van der Waals surface area (Å²) in [5, 5.41) is 7.44. The number of nitrogens with one attached hydrogen (secondary N) is 1. The molecule has 0 fully saturated rings. The molecular formula is C22H21N5O. The Morgan fingerprint density at radius 3 is 2.57 bits per heavy atom. The summed E-state index contributed by atoms with van der Waals surface area (Å²) in [5.41, 5.74) is 6.36.